The summed E-state index contributed by atoms with van der Waals surface area (Å²) in [6, 6.07) is -0.723. The van der Waals surface area contributed by atoms with Gasteiger partial charge in [-0.25, -0.2) is 0 Å². The van der Waals surface area contributed by atoms with Gasteiger partial charge in [-0.1, -0.05) is 242 Å². The Labute approximate surface area is 358 Å². The largest absolute Gasteiger partial charge is 0.462 e. The zero-order chi connectivity index (χ0) is 42.4. The van der Waals surface area contributed by atoms with E-state index in [0.29, 0.717) is 19.3 Å². The van der Waals surface area contributed by atoms with Crippen LogP contribution in [0.5, 0.6) is 0 Å². The number of aliphatic hydroxyl groups excluding tert-OH is 2. The highest BCUT2D eigenvalue weighted by atomic mass is 16.5. The average molecular weight is 812 g/mol. The lowest BCUT2D eigenvalue weighted by Gasteiger charge is -2.24. The van der Waals surface area contributed by atoms with Gasteiger partial charge in [-0.05, 0) is 38.5 Å². The fraction of sp³-hybridized carbons (Fsp3) is 0.769. The molecule has 58 heavy (non-hydrogen) atoms. The van der Waals surface area contributed by atoms with E-state index in [2.05, 4.69) is 38.2 Å². The Morgan fingerprint density at radius 2 is 0.931 bits per heavy atom. The van der Waals surface area contributed by atoms with E-state index in [1.165, 1.54) is 128 Å². The lowest BCUT2D eigenvalue weighted by Crippen LogP contribution is -2.46. The van der Waals surface area contributed by atoms with E-state index in [9.17, 15) is 19.8 Å². The van der Waals surface area contributed by atoms with Crippen molar-refractivity contribution in [1.29, 1.82) is 0 Å². The van der Waals surface area contributed by atoms with Gasteiger partial charge in [-0.15, -0.1) is 0 Å². The Balaban J connectivity index is 4.67. The molecule has 0 spiro atoms. The molecule has 0 heterocycles. The standard InChI is InChI=1S/C52H93NO5/c1-4-7-10-13-16-19-22-25-27-29-32-35-38-41-44-50(55)49(47-54)53-51(56)46-48(43-40-37-34-31-28-26-23-20-17-14-11-8-5-2)58-52(57)45-42-39-36-33-30-24-21-18-15-12-9-6-3/h8,11,14,17,20,23,26,28,31,34,48-50,54-55H,4-7,9-10,12-13,15-16,18-19,21-22,24-25,27,29-30,32-33,35-47H2,1-3H3,(H,53,56)/b11-8+,17-14+,23-20-,28-26-,34-31+. The first-order chi connectivity index (χ1) is 28.5. The zero-order valence-electron chi connectivity index (χ0n) is 38.2. The van der Waals surface area contributed by atoms with Gasteiger partial charge in [0.15, 0.2) is 0 Å². The summed E-state index contributed by atoms with van der Waals surface area (Å²) in [5.74, 6) is -0.544. The third kappa shape index (κ3) is 40.3. The molecule has 6 heteroatoms. The third-order valence-corrected chi connectivity index (χ3v) is 11.0. The number of amides is 1. The summed E-state index contributed by atoms with van der Waals surface area (Å²) < 4.78 is 5.88. The van der Waals surface area contributed by atoms with Crippen LogP contribution < -0.4 is 5.32 Å². The number of ether oxygens (including phenoxy) is 1. The van der Waals surface area contributed by atoms with Gasteiger partial charge in [-0.2, -0.15) is 0 Å². The SMILES string of the molecule is CC/C=C/C=C/C=C\C=C/C=C/CCCC(CC(=O)NC(CO)C(O)CCCCCCCCCCCCCCCC)OC(=O)CCCCCCCCCCCCCC. The number of aliphatic hydroxyl groups is 2. The molecule has 0 fully saturated rings. The number of carbonyl (C=O) groups excluding carboxylic acids is 2. The van der Waals surface area contributed by atoms with E-state index >= 15 is 0 Å². The number of rotatable bonds is 43. The Morgan fingerprint density at radius 1 is 0.517 bits per heavy atom. The minimum Gasteiger partial charge on any atom is -0.462 e. The van der Waals surface area contributed by atoms with Crippen molar-refractivity contribution < 1.29 is 24.5 Å². The van der Waals surface area contributed by atoms with Crippen LogP contribution in [0.3, 0.4) is 0 Å². The van der Waals surface area contributed by atoms with Gasteiger partial charge in [0.2, 0.25) is 5.91 Å². The Bertz CT molecular complexity index is 1050. The van der Waals surface area contributed by atoms with Crippen LogP contribution in [0.4, 0.5) is 0 Å². The summed E-state index contributed by atoms with van der Waals surface area (Å²) in [5.41, 5.74) is 0. The van der Waals surface area contributed by atoms with Crippen molar-refractivity contribution in [3.05, 3.63) is 60.8 Å². The predicted molar refractivity (Wildman–Crippen MR) is 250 cm³/mol. The zero-order valence-corrected chi connectivity index (χ0v) is 38.2. The first-order valence-electron chi connectivity index (χ1n) is 24.6. The van der Waals surface area contributed by atoms with E-state index in [-0.39, 0.29) is 24.9 Å². The van der Waals surface area contributed by atoms with Gasteiger partial charge < -0.3 is 20.3 Å². The second-order valence-corrected chi connectivity index (χ2v) is 16.6. The first-order valence-corrected chi connectivity index (χ1v) is 24.6. The predicted octanol–water partition coefficient (Wildman–Crippen LogP) is 14.5. The minimum atomic E-state index is -0.806. The topological polar surface area (TPSA) is 95.9 Å². The van der Waals surface area contributed by atoms with E-state index < -0.39 is 18.2 Å². The maximum Gasteiger partial charge on any atom is 0.306 e. The van der Waals surface area contributed by atoms with Gasteiger partial charge in [0.25, 0.3) is 0 Å². The monoisotopic (exact) mass is 812 g/mol. The van der Waals surface area contributed by atoms with Crippen molar-refractivity contribution in [2.24, 2.45) is 0 Å². The fourth-order valence-electron chi connectivity index (χ4n) is 7.28. The smallest absolute Gasteiger partial charge is 0.306 e. The van der Waals surface area contributed by atoms with E-state index in [4.69, 9.17) is 4.74 Å². The Kier molecular flexibility index (Phi) is 43.7. The van der Waals surface area contributed by atoms with Crippen LogP contribution in [0.1, 0.15) is 233 Å². The molecule has 0 aliphatic heterocycles. The van der Waals surface area contributed by atoms with Crippen molar-refractivity contribution in [2.45, 2.75) is 251 Å². The number of unbranched alkanes of at least 4 members (excludes halogenated alkanes) is 25. The van der Waals surface area contributed by atoms with Crippen LogP contribution in [0, 0.1) is 0 Å². The summed E-state index contributed by atoms with van der Waals surface area (Å²) in [6.45, 7) is 6.31. The molecular formula is C52H93NO5. The van der Waals surface area contributed by atoms with E-state index in [0.717, 1.165) is 57.8 Å². The quantitative estimate of drug-likeness (QED) is 0.0324. The van der Waals surface area contributed by atoms with Crippen LogP contribution in [-0.4, -0.2) is 46.9 Å². The molecule has 0 radical (unpaired) electrons. The van der Waals surface area contributed by atoms with Crippen molar-refractivity contribution in [3.8, 4) is 0 Å². The summed E-state index contributed by atoms with van der Waals surface area (Å²) in [7, 11) is 0. The minimum absolute atomic E-state index is 0.0294. The second-order valence-electron chi connectivity index (χ2n) is 16.6. The molecule has 3 N–H and O–H groups in total. The number of nitrogens with one attached hydrogen (secondary N) is 1. The van der Waals surface area contributed by atoms with Gasteiger partial charge >= 0.3 is 5.97 Å². The molecule has 0 bridgehead atoms. The molecule has 3 unspecified atom stereocenters. The van der Waals surface area contributed by atoms with Crippen LogP contribution >= 0.6 is 0 Å². The maximum atomic E-state index is 13.2. The lowest BCUT2D eigenvalue weighted by molar-refractivity contribution is -0.151. The van der Waals surface area contributed by atoms with Gasteiger partial charge in [0.1, 0.15) is 6.10 Å². The number of hydrogen-bond donors (Lipinski definition) is 3. The summed E-state index contributed by atoms with van der Waals surface area (Å²) in [6.07, 6.45) is 55.7. The molecule has 0 aromatic carbocycles. The van der Waals surface area contributed by atoms with E-state index in [1.807, 2.05) is 48.6 Å². The molecule has 0 aromatic heterocycles. The Morgan fingerprint density at radius 3 is 1.38 bits per heavy atom. The molecule has 3 atom stereocenters. The highest BCUT2D eigenvalue weighted by molar-refractivity contribution is 5.77. The van der Waals surface area contributed by atoms with Gasteiger partial charge in [0, 0.05) is 6.42 Å². The number of hydrogen-bond acceptors (Lipinski definition) is 5. The van der Waals surface area contributed by atoms with Crippen molar-refractivity contribution >= 4 is 11.9 Å². The number of allylic oxidation sites excluding steroid dienone is 10. The second kappa shape index (κ2) is 45.6. The third-order valence-electron chi connectivity index (χ3n) is 11.0. The molecule has 0 aromatic rings. The first kappa shape index (κ1) is 55.6. The number of esters is 1. The van der Waals surface area contributed by atoms with Crippen LogP contribution in [0.15, 0.2) is 60.8 Å². The summed E-state index contributed by atoms with van der Waals surface area (Å²) in [4.78, 5) is 26.0. The van der Waals surface area contributed by atoms with Crippen LogP contribution in [-0.2, 0) is 14.3 Å². The van der Waals surface area contributed by atoms with Gasteiger partial charge in [-0.3, -0.25) is 9.59 Å². The highest BCUT2D eigenvalue weighted by Crippen LogP contribution is 2.17. The van der Waals surface area contributed by atoms with Gasteiger partial charge in [0.05, 0.1) is 25.2 Å². The molecule has 0 saturated heterocycles. The van der Waals surface area contributed by atoms with E-state index in [1.54, 1.807) is 0 Å². The molecule has 0 aliphatic carbocycles. The fourth-order valence-corrected chi connectivity index (χ4v) is 7.28. The van der Waals surface area contributed by atoms with Crippen molar-refractivity contribution in [1.82, 2.24) is 5.32 Å². The summed E-state index contributed by atoms with van der Waals surface area (Å²) >= 11 is 0. The summed E-state index contributed by atoms with van der Waals surface area (Å²) in [5, 5.41) is 23.7. The highest BCUT2D eigenvalue weighted by Gasteiger charge is 2.24. The molecule has 6 nitrogen and oxygen atoms in total. The van der Waals surface area contributed by atoms with Crippen molar-refractivity contribution in [2.75, 3.05) is 6.61 Å². The maximum absolute atomic E-state index is 13.2. The number of carbonyl (C=O) groups is 2. The Hall–Kier alpha value is -2.44. The van der Waals surface area contributed by atoms with Crippen LogP contribution in [0.25, 0.3) is 0 Å². The normalized spacial score (nSPS) is 13.8. The molecule has 336 valence electrons. The molecular weight excluding hydrogens is 719 g/mol. The molecule has 0 aliphatic rings. The van der Waals surface area contributed by atoms with Crippen molar-refractivity contribution in [3.63, 3.8) is 0 Å². The molecule has 0 saturated carbocycles. The molecule has 0 rings (SSSR count). The van der Waals surface area contributed by atoms with Crippen LogP contribution in [0.2, 0.25) is 0 Å². The lowest BCUT2D eigenvalue weighted by atomic mass is 10.0. The average Bonchev–Trinajstić information content (AvgIpc) is 3.22. The molecule has 1 amide bonds.